The van der Waals surface area contributed by atoms with Gasteiger partial charge in [-0.15, -0.1) is 5.10 Å². The lowest BCUT2D eigenvalue weighted by Gasteiger charge is -1.94. The molecule has 0 unspecified atom stereocenters. The van der Waals surface area contributed by atoms with Crippen LogP contribution in [0.25, 0.3) is 0 Å². The Morgan fingerprint density at radius 3 is 3.22 bits per heavy atom. The number of hydrogen-bond donors (Lipinski definition) is 1. The van der Waals surface area contributed by atoms with Crippen LogP contribution < -0.4 is 4.74 Å². The van der Waals surface area contributed by atoms with Crippen LogP contribution >= 0.6 is 0 Å². The molecule has 50 valence electrons. The summed E-state index contributed by atoms with van der Waals surface area (Å²) in [7, 11) is 0. The lowest BCUT2D eigenvalue weighted by molar-refractivity contribution is 0.264. The smallest absolute Gasteiger partial charge is 0.232 e. The van der Waals surface area contributed by atoms with Crippen LogP contribution in [-0.4, -0.2) is 23.5 Å². The summed E-state index contributed by atoms with van der Waals surface area (Å²) in [5.41, 5.74) is 0. The van der Waals surface area contributed by atoms with Crippen LogP contribution in [0.5, 0.6) is 5.88 Å². The highest BCUT2D eigenvalue weighted by Crippen LogP contribution is 2.00. The number of aromatic nitrogens is 2. The number of hydrogen-bond acceptors (Lipinski definition) is 2. The number of ether oxygens (including phenoxy) is 1. The van der Waals surface area contributed by atoms with Crippen LogP contribution in [0, 0.1) is 0 Å². The molecule has 3 nitrogen and oxygen atoms in total. The Labute approximate surface area is 51.8 Å². The van der Waals surface area contributed by atoms with Crippen molar-refractivity contribution in [1.29, 1.82) is 0 Å². The molecule has 0 saturated carbocycles. The number of nitrogens with one attached hydrogen (secondary N) is 1. The first-order valence-electron chi connectivity index (χ1n) is 2.62. The Morgan fingerprint density at radius 2 is 2.67 bits per heavy atom. The molecule has 1 rings (SSSR count). The van der Waals surface area contributed by atoms with E-state index in [1.807, 2.05) is 0 Å². The van der Waals surface area contributed by atoms with Gasteiger partial charge in [-0.1, -0.05) is 0 Å². The Morgan fingerprint density at radius 1 is 1.78 bits per heavy atom. The van der Waals surface area contributed by atoms with Gasteiger partial charge in [-0.05, 0) is 0 Å². The molecular formula is C5H7FN2O. The van der Waals surface area contributed by atoms with Crippen molar-refractivity contribution in [3.05, 3.63) is 12.3 Å². The maximum atomic E-state index is 11.4. The van der Waals surface area contributed by atoms with E-state index >= 15 is 0 Å². The zero-order chi connectivity index (χ0) is 6.53. The lowest BCUT2D eigenvalue weighted by atomic mass is 10.7. The van der Waals surface area contributed by atoms with Gasteiger partial charge in [0, 0.05) is 12.3 Å². The van der Waals surface area contributed by atoms with Crippen LogP contribution in [0.1, 0.15) is 0 Å². The van der Waals surface area contributed by atoms with Crippen molar-refractivity contribution in [2.24, 2.45) is 0 Å². The van der Waals surface area contributed by atoms with Gasteiger partial charge in [0.15, 0.2) is 0 Å². The van der Waals surface area contributed by atoms with Gasteiger partial charge in [0.1, 0.15) is 13.3 Å². The van der Waals surface area contributed by atoms with Gasteiger partial charge in [0.25, 0.3) is 0 Å². The molecule has 0 spiro atoms. The highest BCUT2D eigenvalue weighted by atomic mass is 19.1. The summed E-state index contributed by atoms with van der Waals surface area (Å²) < 4.78 is 16.2. The largest absolute Gasteiger partial charge is 0.474 e. The standard InChI is InChI=1S/C5H7FN2O/c6-2-4-9-5-1-3-7-8-5/h1,3H,2,4H2,(H,7,8). The van der Waals surface area contributed by atoms with Gasteiger partial charge in [0.05, 0.1) is 0 Å². The number of H-pyrrole nitrogens is 1. The van der Waals surface area contributed by atoms with E-state index in [9.17, 15) is 4.39 Å². The molecule has 0 aliphatic carbocycles. The molecule has 0 amide bonds. The summed E-state index contributed by atoms with van der Waals surface area (Å²) in [6, 6.07) is 1.63. The highest BCUT2D eigenvalue weighted by molar-refractivity contribution is 5.03. The molecule has 0 bridgehead atoms. The topological polar surface area (TPSA) is 37.9 Å². The molecule has 0 aromatic carbocycles. The van der Waals surface area contributed by atoms with Gasteiger partial charge in [-0.25, -0.2) is 4.39 Å². The zero-order valence-electron chi connectivity index (χ0n) is 4.80. The average molecular weight is 130 g/mol. The highest BCUT2D eigenvalue weighted by Gasteiger charge is 1.91. The quantitative estimate of drug-likeness (QED) is 0.655. The fourth-order valence-electron chi connectivity index (χ4n) is 0.470. The minimum Gasteiger partial charge on any atom is -0.474 e. The Hall–Kier alpha value is -1.06. The van der Waals surface area contributed by atoms with E-state index < -0.39 is 6.67 Å². The van der Waals surface area contributed by atoms with Crippen molar-refractivity contribution in [3.63, 3.8) is 0 Å². The monoisotopic (exact) mass is 130 g/mol. The van der Waals surface area contributed by atoms with Gasteiger partial charge >= 0.3 is 0 Å². The van der Waals surface area contributed by atoms with E-state index in [2.05, 4.69) is 10.2 Å². The predicted molar refractivity (Wildman–Crippen MR) is 30.1 cm³/mol. The summed E-state index contributed by atoms with van der Waals surface area (Å²) in [6.45, 7) is -0.405. The number of nitrogens with zero attached hydrogens (tertiary/aromatic N) is 1. The molecule has 0 fully saturated rings. The van der Waals surface area contributed by atoms with Crippen LogP contribution in [-0.2, 0) is 0 Å². The zero-order valence-corrected chi connectivity index (χ0v) is 4.80. The van der Waals surface area contributed by atoms with E-state index in [-0.39, 0.29) is 6.61 Å². The molecular weight excluding hydrogens is 123 g/mol. The van der Waals surface area contributed by atoms with Crippen LogP contribution in [0.4, 0.5) is 4.39 Å². The summed E-state index contributed by atoms with van der Waals surface area (Å²) >= 11 is 0. The second-order valence-corrected chi connectivity index (χ2v) is 1.45. The summed E-state index contributed by atoms with van der Waals surface area (Å²) in [6.07, 6.45) is 1.62. The maximum Gasteiger partial charge on any atom is 0.232 e. The third kappa shape index (κ3) is 1.71. The molecule has 0 saturated heterocycles. The fraction of sp³-hybridized carbons (Fsp3) is 0.400. The molecule has 0 atom stereocenters. The summed E-state index contributed by atoms with van der Waals surface area (Å²) in [4.78, 5) is 0. The van der Waals surface area contributed by atoms with E-state index in [4.69, 9.17) is 4.74 Å². The Bertz CT molecular complexity index is 152. The molecule has 0 radical (unpaired) electrons. The molecule has 1 aromatic rings. The molecule has 4 heteroatoms. The molecule has 1 N–H and O–H groups in total. The van der Waals surface area contributed by atoms with Gasteiger partial charge in [-0.2, -0.15) is 0 Å². The molecule has 1 aromatic heterocycles. The molecule has 0 aliphatic heterocycles. The first-order chi connectivity index (χ1) is 4.43. The van der Waals surface area contributed by atoms with Gasteiger partial charge in [0.2, 0.25) is 5.88 Å². The second-order valence-electron chi connectivity index (χ2n) is 1.45. The first-order valence-corrected chi connectivity index (χ1v) is 2.62. The van der Waals surface area contributed by atoms with Gasteiger partial charge in [-0.3, -0.25) is 5.10 Å². The van der Waals surface area contributed by atoms with Crippen molar-refractivity contribution >= 4 is 0 Å². The van der Waals surface area contributed by atoms with Crippen LogP contribution in [0.2, 0.25) is 0 Å². The Kier molecular flexibility index (Phi) is 2.06. The second kappa shape index (κ2) is 3.06. The van der Waals surface area contributed by atoms with E-state index in [0.717, 1.165) is 0 Å². The summed E-state index contributed by atoms with van der Waals surface area (Å²) in [5, 5.41) is 6.18. The van der Waals surface area contributed by atoms with Crippen LogP contribution in [0.3, 0.4) is 0 Å². The Balaban J connectivity index is 2.30. The number of halogens is 1. The summed E-state index contributed by atoms with van der Waals surface area (Å²) in [5.74, 6) is 0.438. The van der Waals surface area contributed by atoms with Crippen molar-refractivity contribution in [1.82, 2.24) is 10.2 Å². The fourth-order valence-corrected chi connectivity index (χ4v) is 0.470. The van der Waals surface area contributed by atoms with Crippen molar-refractivity contribution in [3.8, 4) is 5.88 Å². The average Bonchev–Trinajstić information content (AvgIpc) is 2.34. The molecule has 9 heavy (non-hydrogen) atoms. The van der Waals surface area contributed by atoms with Crippen LogP contribution in [0.15, 0.2) is 12.3 Å². The third-order valence-corrected chi connectivity index (χ3v) is 0.802. The van der Waals surface area contributed by atoms with Gasteiger partial charge < -0.3 is 4.74 Å². The minimum atomic E-state index is -0.479. The normalized spacial score (nSPS) is 9.44. The van der Waals surface area contributed by atoms with E-state index in [1.165, 1.54) is 0 Å². The van der Waals surface area contributed by atoms with Crippen molar-refractivity contribution in [2.75, 3.05) is 13.3 Å². The van der Waals surface area contributed by atoms with Crippen molar-refractivity contribution < 1.29 is 9.13 Å². The first kappa shape index (κ1) is 6.07. The SMILES string of the molecule is FCCOc1cc[nH]n1. The predicted octanol–water partition coefficient (Wildman–Crippen LogP) is 0.758. The molecule has 1 heterocycles. The number of rotatable bonds is 3. The van der Waals surface area contributed by atoms with E-state index in [1.54, 1.807) is 12.3 Å². The maximum absolute atomic E-state index is 11.4. The molecule has 0 aliphatic rings. The minimum absolute atomic E-state index is 0.0743. The lowest BCUT2D eigenvalue weighted by Crippen LogP contribution is -1.98. The third-order valence-electron chi connectivity index (χ3n) is 0.802. The van der Waals surface area contributed by atoms with E-state index in [0.29, 0.717) is 5.88 Å². The number of aromatic amines is 1. The van der Waals surface area contributed by atoms with Crippen molar-refractivity contribution in [2.45, 2.75) is 0 Å². The number of alkyl halides is 1.